The summed E-state index contributed by atoms with van der Waals surface area (Å²) in [5.41, 5.74) is 4.98. The molecule has 37 heavy (non-hydrogen) atoms. The van der Waals surface area contributed by atoms with Crippen LogP contribution in [0.4, 0.5) is 0 Å². The van der Waals surface area contributed by atoms with Crippen molar-refractivity contribution in [2.45, 2.75) is 25.7 Å². The standard InChI is InChI=1S/C27H28N4O6/c1-14-24(15-7-8-20(33-2)21(11-15)34-3)27-29-28-25-18(31(27)30-14)9-16(10-19(25)32)17-12-22(35-4)26(37-6)23(13-17)36-5/h7-8,11-13,16H,9-10H2,1-6H3. The van der Waals surface area contributed by atoms with E-state index in [4.69, 9.17) is 28.8 Å². The Balaban J connectivity index is 1.62. The predicted molar refractivity (Wildman–Crippen MR) is 136 cm³/mol. The van der Waals surface area contributed by atoms with Crippen molar-refractivity contribution < 1.29 is 28.5 Å². The first-order valence-electron chi connectivity index (χ1n) is 11.7. The number of rotatable bonds is 7. The van der Waals surface area contributed by atoms with Crippen LogP contribution in [0, 0.1) is 6.92 Å². The summed E-state index contributed by atoms with van der Waals surface area (Å²) in [6.45, 7) is 1.91. The predicted octanol–water partition coefficient (Wildman–Crippen LogP) is 4.06. The third-order valence-electron chi connectivity index (χ3n) is 6.78. The molecule has 1 aliphatic carbocycles. The van der Waals surface area contributed by atoms with E-state index in [0.717, 1.165) is 28.1 Å². The Kier molecular flexibility index (Phi) is 6.32. The molecule has 192 valence electrons. The van der Waals surface area contributed by atoms with Crippen molar-refractivity contribution in [3.63, 3.8) is 0 Å². The third kappa shape index (κ3) is 3.98. The average molecular weight is 505 g/mol. The monoisotopic (exact) mass is 504 g/mol. The van der Waals surface area contributed by atoms with E-state index in [-0.39, 0.29) is 18.1 Å². The second kappa shape index (κ2) is 9.61. The lowest BCUT2D eigenvalue weighted by Crippen LogP contribution is -2.24. The quantitative estimate of drug-likeness (QED) is 0.368. The Morgan fingerprint density at radius 2 is 1.49 bits per heavy atom. The van der Waals surface area contributed by atoms with E-state index >= 15 is 0 Å². The van der Waals surface area contributed by atoms with Gasteiger partial charge in [0.2, 0.25) is 5.75 Å². The van der Waals surface area contributed by atoms with Crippen molar-refractivity contribution in [1.82, 2.24) is 19.8 Å². The van der Waals surface area contributed by atoms with Gasteiger partial charge in [0, 0.05) is 6.42 Å². The Bertz CT molecular complexity index is 1490. The molecule has 0 saturated carbocycles. The maximum absolute atomic E-state index is 13.2. The van der Waals surface area contributed by atoms with Crippen molar-refractivity contribution in [2.24, 2.45) is 0 Å². The smallest absolute Gasteiger partial charge is 0.203 e. The number of hydrogen-bond donors (Lipinski definition) is 0. The number of hydrogen-bond acceptors (Lipinski definition) is 9. The number of ether oxygens (including phenoxy) is 5. The van der Waals surface area contributed by atoms with Gasteiger partial charge in [-0.25, -0.2) is 4.52 Å². The van der Waals surface area contributed by atoms with E-state index in [0.29, 0.717) is 46.5 Å². The number of carbonyl (C=O) groups excluding carboxylic acids is 1. The van der Waals surface area contributed by atoms with Crippen LogP contribution < -0.4 is 23.7 Å². The lowest BCUT2D eigenvalue weighted by Gasteiger charge is -2.24. The number of aromatic nitrogens is 4. The molecular weight excluding hydrogens is 476 g/mol. The SMILES string of the molecule is COc1ccc(-c2c(C)nn3c4c(nnc23)C(=O)CC(c2cc(OC)c(OC)c(OC)c2)C4)cc1OC. The maximum atomic E-state index is 13.2. The molecule has 0 saturated heterocycles. The lowest BCUT2D eigenvalue weighted by atomic mass is 9.83. The summed E-state index contributed by atoms with van der Waals surface area (Å²) >= 11 is 0. The first-order chi connectivity index (χ1) is 17.9. The van der Waals surface area contributed by atoms with Gasteiger partial charge >= 0.3 is 0 Å². The Labute approximate surface area is 214 Å². The van der Waals surface area contributed by atoms with Crippen LogP contribution in [0.15, 0.2) is 30.3 Å². The van der Waals surface area contributed by atoms with Crippen molar-refractivity contribution in [3.8, 4) is 39.9 Å². The molecule has 0 N–H and O–H groups in total. The van der Waals surface area contributed by atoms with Crippen molar-refractivity contribution >= 4 is 11.4 Å². The molecule has 0 bridgehead atoms. The fourth-order valence-corrected chi connectivity index (χ4v) is 4.98. The summed E-state index contributed by atoms with van der Waals surface area (Å²) in [5, 5.41) is 13.5. The second-order valence-electron chi connectivity index (χ2n) is 8.75. The minimum Gasteiger partial charge on any atom is -0.493 e. The highest BCUT2D eigenvalue weighted by Gasteiger charge is 2.32. The number of methoxy groups -OCH3 is 5. The second-order valence-corrected chi connectivity index (χ2v) is 8.75. The molecule has 10 nitrogen and oxygen atoms in total. The molecule has 0 radical (unpaired) electrons. The molecule has 2 aromatic carbocycles. The molecule has 2 aromatic heterocycles. The van der Waals surface area contributed by atoms with E-state index in [1.54, 1.807) is 40.1 Å². The van der Waals surface area contributed by atoms with Gasteiger partial charge in [-0.05, 0) is 54.7 Å². The zero-order valence-corrected chi connectivity index (χ0v) is 21.6. The maximum Gasteiger partial charge on any atom is 0.203 e. The van der Waals surface area contributed by atoms with Gasteiger partial charge in [-0.15, -0.1) is 10.2 Å². The summed E-state index contributed by atoms with van der Waals surface area (Å²) in [4.78, 5) is 13.2. The topological polar surface area (TPSA) is 106 Å². The van der Waals surface area contributed by atoms with Crippen LogP contribution in [0.25, 0.3) is 16.8 Å². The van der Waals surface area contributed by atoms with E-state index in [1.807, 2.05) is 37.3 Å². The van der Waals surface area contributed by atoms with Crippen LogP contribution in [0.5, 0.6) is 28.7 Å². The number of aryl methyl sites for hydroxylation is 1. The third-order valence-corrected chi connectivity index (χ3v) is 6.78. The van der Waals surface area contributed by atoms with E-state index < -0.39 is 0 Å². The van der Waals surface area contributed by atoms with Gasteiger partial charge in [0.05, 0.1) is 52.5 Å². The molecule has 2 heterocycles. The normalized spacial score (nSPS) is 14.9. The van der Waals surface area contributed by atoms with Crippen molar-refractivity contribution in [2.75, 3.05) is 35.5 Å². The molecule has 10 heteroatoms. The summed E-state index contributed by atoms with van der Waals surface area (Å²) in [6, 6.07) is 9.43. The number of Topliss-reactive ketones (excluding diaryl/α,β-unsaturated/α-hetero) is 1. The van der Waals surface area contributed by atoms with E-state index in [1.165, 1.54) is 0 Å². The van der Waals surface area contributed by atoms with Gasteiger partial charge in [0.25, 0.3) is 0 Å². The minimum absolute atomic E-state index is 0.0878. The number of carbonyl (C=O) groups is 1. The molecule has 0 amide bonds. The molecule has 0 spiro atoms. The zero-order valence-electron chi connectivity index (χ0n) is 21.6. The molecule has 4 aromatic rings. The van der Waals surface area contributed by atoms with Crippen molar-refractivity contribution in [3.05, 3.63) is 53.0 Å². The molecule has 0 fully saturated rings. The Hall–Kier alpha value is -4.34. The number of benzene rings is 2. The Morgan fingerprint density at radius 3 is 2.11 bits per heavy atom. The molecular formula is C27H28N4O6. The fourth-order valence-electron chi connectivity index (χ4n) is 4.98. The molecule has 1 atom stereocenters. The van der Waals surface area contributed by atoms with Gasteiger partial charge in [0.15, 0.2) is 40.1 Å². The highest BCUT2D eigenvalue weighted by molar-refractivity contribution is 5.97. The molecule has 1 unspecified atom stereocenters. The van der Waals surface area contributed by atoms with Crippen LogP contribution >= 0.6 is 0 Å². The van der Waals surface area contributed by atoms with E-state index in [2.05, 4.69) is 10.2 Å². The molecule has 5 rings (SSSR count). The first-order valence-corrected chi connectivity index (χ1v) is 11.7. The van der Waals surface area contributed by atoms with Crippen molar-refractivity contribution in [1.29, 1.82) is 0 Å². The van der Waals surface area contributed by atoms with Crippen LogP contribution in [0.2, 0.25) is 0 Å². The highest BCUT2D eigenvalue weighted by atomic mass is 16.5. The number of fused-ring (bicyclic) bond motifs is 3. The highest BCUT2D eigenvalue weighted by Crippen LogP contribution is 2.43. The van der Waals surface area contributed by atoms with Crippen LogP contribution in [-0.2, 0) is 6.42 Å². The van der Waals surface area contributed by atoms with Gasteiger partial charge in [0.1, 0.15) is 0 Å². The zero-order chi connectivity index (χ0) is 26.3. The van der Waals surface area contributed by atoms with Gasteiger partial charge in [-0.2, -0.15) is 5.10 Å². The summed E-state index contributed by atoms with van der Waals surface area (Å²) in [6.07, 6.45) is 0.826. The molecule has 0 aliphatic heterocycles. The first kappa shape index (κ1) is 24.4. The van der Waals surface area contributed by atoms with Gasteiger partial charge in [-0.1, -0.05) is 6.07 Å². The largest absolute Gasteiger partial charge is 0.493 e. The van der Waals surface area contributed by atoms with Gasteiger partial charge < -0.3 is 23.7 Å². The summed E-state index contributed by atoms with van der Waals surface area (Å²) in [7, 11) is 7.90. The Morgan fingerprint density at radius 1 is 0.811 bits per heavy atom. The fraction of sp³-hybridized carbons (Fsp3) is 0.333. The van der Waals surface area contributed by atoms with Crippen LogP contribution in [0.3, 0.4) is 0 Å². The summed E-state index contributed by atoms with van der Waals surface area (Å²) < 4.78 is 29.1. The average Bonchev–Trinajstić information content (AvgIpc) is 3.27. The summed E-state index contributed by atoms with van der Waals surface area (Å²) in [5.74, 6) is 2.60. The number of nitrogens with zero attached hydrogens (tertiary/aromatic N) is 4. The lowest BCUT2D eigenvalue weighted by molar-refractivity contribution is 0.0955. The minimum atomic E-state index is -0.129. The van der Waals surface area contributed by atoms with Crippen LogP contribution in [-0.4, -0.2) is 61.1 Å². The van der Waals surface area contributed by atoms with E-state index in [9.17, 15) is 4.79 Å². The van der Waals surface area contributed by atoms with Gasteiger partial charge in [-0.3, -0.25) is 4.79 Å². The molecule has 1 aliphatic rings. The number of ketones is 1. The van der Waals surface area contributed by atoms with Crippen LogP contribution in [0.1, 0.15) is 39.8 Å².